The molecule has 6 nitrogen and oxygen atoms in total. The van der Waals surface area contributed by atoms with E-state index in [1.807, 2.05) is 13.0 Å². The van der Waals surface area contributed by atoms with E-state index < -0.39 is 9.84 Å². The molecule has 1 unspecified atom stereocenters. The van der Waals surface area contributed by atoms with Gasteiger partial charge in [0.1, 0.15) is 0 Å². The lowest BCUT2D eigenvalue weighted by Gasteiger charge is -2.27. The van der Waals surface area contributed by atoms with Crippen LogP contribution in [0.15, 0.2) is 47.4 Å². The van der Waals surface area contributed by atoms with Crippen LogP contribution in [0.1, 0.15) is 43.0 Å². The van der Waals surface area contributed by atoms with Gasteiger partial charge in [0.05, 0.1) is 16.1 Å². The molecule has 0 aliphatic carbocycles. The summed E-state index contributed by atoms with van der Waals surface area (Å²) in [6.45, 7) is 6.90. The van der Waals surface area contributed by atoms with Crippen molar-refractivity contribution in [2.45, 2.75) is 57.0 Å². The third-order valence-corrected chi connectivity index (χ3v) is 7.85. The molecule has 2 heterocycles. The standard InChI is InChI=1S/C26H34N4O2S/c1-5-20-8-10-21(11-9-20)18-29(3)22-7-6-15-30(16-14-22)26-27-19(2)24-13-12-23(33(4,31)32)17-25(24)28-26/h8-13,17,22H,5-7,14-16,18H2,1-4H3. The van der Waals surface area contributed by atoms with E-state index in [1.165, 1.54) is 17.4 Å². The van der Waals surface area contributed by atoms with E-state index in [0.717, 1.165) is 56.4 Å². The molecule has 33 heavy (non-hydrogen) atoms. The molecule has 1 fully saturated rings. The summed E-state index contributed by atoms with van der Waals surface area (Å²) in [4.78, 5) is 14.5. The van der Waals surface area contributed by atoms with Gasteiger partial charge >= 0.3 is 0 Å². The maximum absolute atomic E-state index is 12.0. The third kappa shape index (κ3) is 5.53. The van der Waals surface area contributed by atoms with Crippen LogP contribution in [0.4, 0.5) is 5.95 Å². The van der Waals surface area contributed by atoms with Gasteiger partial charge in [-0.05, 0) is 69.0 Å². The lowest BCUT2D eigenvalue weighted by atomic mass is 10.1. The molecule has 1 aromatic heterocycles. The first kappa shape index (κ1) is 23.6. The summed E-state index contributed by atoms with van der Waals surface area (Å²) in [7, 11) is -1.06. The molecule has 0 N–H and O–H groups in total. The molecule has 1 aliphatic rings. The number of benzene rings is 2. The van der Waals surface area contributed by atoms with Gasteiger partial charge in [-0.25, -0.2) is 18.4 Å². The van der Waals surface area contributed by atoms with Crippen molar-refractivity contribution in [1.29, 1.82) is 0 Å². The van der Waals surface area contributed by atoms with Gasteiger partial charge in [0.15, 0.2) is 9.84 Å². The first-order valence-electron chi connectivity index (χ1n) is 11.8. The van der Waals surface area contributed by atoms with Gasteiger partial charge in [-0.15, -0.1) is 0 Å². The first-order chi connectivity index (χ1) is 15.7. The molecular formula is C26H34N4O2S. The van der Waals surface area contributed by atoms with Crippen molar-refractivity contribution in [3.63, 3.8) is 0 Å². The molecule has 7 heteroatoms. The highest BCUT2D eigenvalue weighted by molar-refractivity contribution is 7.90. The van der Waals surface area contributed by atoms with Gasteiger partial charge in [-0.3, -0.25) is 4.90 Å². The van der Waals surface area contributed by atoms with Crippen LogP contribution in [0.5, 0.6) is 0 Å². The van der Waals surface area contributed by atoms with E-state index in [1.54, 1.807) is 12.1 Å². The Labute approximate surface area is 197 Å². The zero-order valence-electron chi connectivity index (χ0n) is 20.1. The topological polar surface area (TPSA) is 66.4 Å². The summed E-state index contributed by atoms with van der Waals surface area (Å²) >= 11 is 0. The highest BCUT2D eigenvalue weighted by Gasteiger charge is 2.22. The predicted octanol–water partition coefficient (Wildman–Crippen LogP) is 4.40. The second-order valence-electron chi connectivity index (χ2n) is 9.22. The summed E-state index contributed by atoms with van der Waals surface area (Å²) in [5.41, 5.74) is 4.30. The second kappa shape index (κ2) is 9.77. The molecule has 176 valence electrons. The van der Waals surface area contributed by atoms with Crippen LogP contribution >= 0.6 is 0 Å². The van der Waals surface area contributed by atoms with Gasteiger partial charge in [-0.1, -0.05) is 31.2 Å². The van der Waals surface area contributed by atoms with E-state index in [9.17, 15) is 8.42 Å². The summed E-state index contributed by atoms with van der Waals surface area (Å²) in [5.74, 6) is 0.698. The van der Waals surface area contributed by atoms with Crippen molar-refractivity contribution < 1.29 is 8.42 Å². The van der Waals surface area contributed by atoms with E-state index in [2.05, 4.69) is 48.0 Å². The largest absolute Gasteiger partial charge is 0.341 e. The second-order valence-corrected chi connectivity index (χ2v) is 11.2. The average Bonchev–Trinajstić information content (AvgIpc) is 3.05. The zero-order valence-corrected chi connectivity index (χ0v) is 20.9. The van der Waals surface area contributed by atoms with Gasteiger partial charge in [0, 0.05) is 37.3 Å². The Balaban J connectivity index is 1.48. The Morgan fingerprint density at radius 2 is 1.76 bits per heavy atom. The number of hydrogen-bond donors (Lipinski definition) is 0. The Morgan fingerprint density at radius 3 is 2.45 bits per heavy atom. The lowest BCUT2D eigenvalue weighted by molar-refractivity contribution is 0.217. The quantitative estimate of drug-likeness (QED) is 0.537. The van der Waals surface area contributed by atoms with Crippen LogP contribution in [-0.4, -0.2) is 55.7 Å². The Hall–Kier alpha value is -2.51. The summed E-state index contributed by atoms with van der Waals surface area (Å²) in [5, 5.41) is 0.896. The number of fused-ring (bicyclic) bond motifs is 1. The van der Waals surface area contributed by atoms with Crippen LogP contribution in [0.2, 0.25) is 0 Å². The molecule has 0 saturated carbocycles. The molecule has 3 aromatic rings. The Morgan fingerprint density at radius 1 is 1.03 bits per heavy atom. The third-order valence-electron chi connectivity index (χ3n) is 6.74. The molecular weight excluding hydrogens is 432 g/mol. The van der Waals surface area contributed by atoms with E-state index >= 15 is 0 Å². The normalized spacial score (nSPS) is 17.5. The van der Waals surface area contributed by atoms with Gasteiger partial charge in [0.25, 0.3) is 0 Å². The van der Waals surface area contributed by atoms with Crippen molar-refractivity contribution in [2.75, 3.05) is 31.3 Å². The minimum Gasteiger partial charge on any atom is -0.341 e. The smallest absolute Gasteiger partial charge is 0.226 e. The SMILES string of the molecule is CCc1ccc(CN(C)C2CCCN(c3nc(C)c4ccc(S(C)(=O)=O)cc4n3)CC2)cc1. The molecule has 2 aromatic carbocycles. The van der Waals surface area contributed by atoms with Crippen molar-refractivity contribution in [3.05, 3.63) is 59.3 Å². The summed E-state index contributed by atoms with van der Waals surface area (Å²) < 4.78 is 24.0. The van der Waals surface area contributed by atoms with Crippen LogP contribution in [0, 0.1) is 6.92 Å². The molecule has 0 spiro atoms. The molecule has 4 rings (SSSR count). The lowest BCUT2D eigenvalue weighted by Crippen LogP contribution is -2.33. The number of rotatable bonds is 6. The highest BCUT2D eigenvalue weighted by atomic mass is 32.2. The summed E-state index contributed by atoms with van der Waals surface area (Å²) in [6, 6.07) is 14.6. The molecule has 0 amide bonds. The van der Waals surface area contributed by atoms with Gasteiger partial charge < -0.3 is 4.90 Å². The number of aryl methyl sites for hydroxylation is 2. The number of sulfone groups is 1. The van der Waals surface area contributed by atoms with Crippen molar-refractivity contribution in [2.24, 2.45) is 0 Å². The molecule has 1 atom stereocenters. The highest BCUT2D eigenvalue weighted by Crippen LogP contribution is 2.25. The van der Waals surface area contributed by atoms with Crippen LogP contribution < -0.4 is 4.90 Å². The Kier molecular flexibility index (Phi) is 7.00. The molecule has 0 radical (unpaired) electrons. The van der Waals surface area contributed by atoms with Crippen LogP contribution in [-0.2, 0) is 22.8 Å². The fourth-order valence-corrected chi connectivity index (χ4v) is 5.28. The zero-order chi connectivity index (χ0) is 23.6. The first-order valence-corrected chi connectivity index (χ1v) is 13.6. The monoisotopic (exact) mass is 466 g/mol. The fourth-order valence-electron chi connectivity index (χ4n) is 4.64. The number of anilines is 1. The van der Waals surface area contributed by atoms with Gasteiger partial charge in [-0.2, -0.15) is 0 Å². The van der Waals surface area contributed by atoms with E-state index in [4.69, 9.17) is 9.97 Å². The van der Waals surface area contributed by atoms with E-state index in [-0.39, 0.29) is 0 Å². The number of nitrogens with zero attached hydrogens (tertiary/aromatic N) is 4. The Bertz CT molecular complexity index is 1230. The number of hydrogen-bond acceptors (Lipinski definition) is 6. The van der Waals surface area contributed by atoms with Crippen LogP contribution in [0.3, 0.4) is 0 Å². The van der Waals surface area contributed by atoms with Crippen LogP contribution in [0.25, 0.3) is 10.9 Å². The average molecular weight is 467 g/mol. The molecule has 0 bridgehead atoms. The van der Waals surface area contributed by atoms with Crippen molar-refractivity contribution >= 4 is 26.7 Å². The van der Waals surface area contributed by atoms with Crippen molar-refractivity contribution in [1.82, 2.24) is 14.9 Å². The van der Waals surface area contributed by atoms with Crippen molar-refractivity contribution in [3.8, 4) is 0 Å². The summed E-state index contributed by atoms with van der Waals surface area (Å²) in [6.07, 6.45) is 5.57. The minimum atomic E-state index is -3.28. The maximum Gasteiger partial charge on any atom is 0.226 e. The predicted molar refractivity (Wildman–Crippen MR) is 135 cm³/mol. The fraction of sp³-hybridized carbons (Fsp3) is 0.462. The molecule has 1 saturated heterocycles. The minimum absolute atomic E-state index is 0.295. The maximum atomic E-state index is 12.0. The van der Waals surface area contributed by atoms with Gasteiger partial charge in [0.2, 0.25) is 5.95 Å². The van der Waals surface area contributed by atoms with E-state index in [0.29, 0.717) is 22.4 Å². The number of aromatic nitrogens is 2. The molecule has 1 aliphatic heterocycles.